The van der Waals surface area contributed by atoms with Crippen molar-refractivity contribution in [1.82, 2.24) is 0 Å². The third-order valence-electron chi connectivity index (χ3n) is 7.54. The van der Waals surface area contributed by atoms with Crippen molar-refractivity contribution in [2.24, 2.45) is 5.92 Å². The minimum atomic E-state index is -0.754. The number of carbonyl (C=O) groups is 3. The molecule has 0 aliphatic carbocycles. The highest BCUT2D eigenvalue weighted by Crippen LogP contribution is 2.14. The molecule has 6 heteroatoms. The minimum Gasteiger partial charge on any atom is -0.462 e. The molecule has 6 nitrogen and oxygen atoms in total. The van der Waals surface area contributed by atoms with Gasteiger partial charge in [0.15, 0.2) is 6.10 Å². The molecule has 0 aromatic heterocycles. The number of ether oxygens (including phenoxy) is 3. The summed E-state index contributed by atoms with van der Waals surface area (Å²) in [6.45, 7) is 8.78. The van der Waals surface area contributed by atoms with Gasteiger partial charge >= 0.3 is 17.9 Å². The van der Waals surface area contributed by atoms with Crippen molar-refractivity contribution in [2.75, 3.05) is 13.2 Å². The third kappa shape index (κ3) is 29.7. The van der Waals surface area contributed by atoms with Crippen LogP contribution in [-0.2, 0) is 28.6 Å². The van der Waals surface area contributed by atoms with E-state index in [2.05, 4.69) is 27.7 Å². The lowest BCUT2D eigenvalue weighted by atomic mass is 10.0. The van der Waals surface area contributed by atoms with E-state index in [1.54, 1.807) is 0 Å². The van der Waals surface area contributed by atoms with Crippen molar-refractivity contribution in [1.29, 1.82) is 0 Å². The number of hydrogen-bond acceptors (Lipinski definition) is 6. The summed E-state index contributed by atoms with van der Waals surface area (Å²) >= 11 is 0. The Morgan fingerprint density at radius 3 is 1.20 bits per heavy atom. The summed E-state index contributed by atoms with van der Waals surface area (Å²) in [5.74, 6) is -0.0988. The van der Waals surface area contributed by atoms with E-state index in [0.717, 1.165) is 70.1 Å². The number of rotatable bonds is 30. The predicted octanol–water partition coefficient (Wildman–Crippen LogP) is 10.0. The SMILES string of the molecule is CCCCCCCCCC(=O)OC[C@@H](COC(=O)CCCCCCC)OC(=O)CCCCCCCCCCC(C)C. The summed E-state index contributed by atoms with van der Waals surface area (Å²) in [6.07, 6.45) is 24.2. The fraction of sp³-hybridized carbons (Fsp3) is 0.914. The average molecular weight is 583 g/mol. The number of hydrogen-bond donors (Lipinski definition) is 0. The summed E-state index contributed by atoms with van der Waals surface area (Å²) in [6, 6.07) is 0. The molecule has 0 radical (unpaired) electrons. The summed E-state index contributed by atoms with van der Waals surface area (Å²) < 4.78 is 16.4. The smallest absolute Gasteiger partial charge is 0.306 e. The molecule has 0 heterocycles. The number of unbranched alkanes of at least 4 members (excludes halogenated alkanes) is 17. The molecule has 0 unspecified atom stereocenters. The molecule has 0 spiro atoms. The Labute approximate surface area is 253 Å². The Morgan fingerprint density at radius 1 is 0.463 bits per heavy atom. The number of carbonyl (C=O) groups excluding carboxylic acids is 3. The molecule has 41 heavy (non-hydrogen) atoms. The minimum absolute atomic E-state index is 0.0678. The Hall–Kier alpha value is -1.59. The predicted molar refractivity (Wildman–Crippen MR) is 169 cm³/mol. The van der Waals surface area contributed by atoms with E-state index in [-0.39, 0.29) is 31.1 Å². The van der Waals surface area contributed by atoms with Gasteiger partial charge in [0.25, 0.3) is 0 Å². The Kier molecular flexibility index (Phi) is 28.7. The molecule has 0 N–H and O–H groups in total. The molecule has 242 valence electrons. The summed E-state index contributed by atoms with van der Waals surface area (Å²) in [7, 11) is 0. The molecular formula is C35H66O6. The molecular weight excluding hydrogens is 516 g/mol. The van der Waals surface area contributed by atoms with Gasteiger partial charge in [-0.3, -0.25) is 14.4 Å². The van der Waals surface area contributed by atoms with Crippen molar-refractivity contribution in [3.63, 3.8) is 0 Å². The molecule has 1 atom stereocenters. The first-order valence-electron chi connectivity index (χ1n) is 17.4. The maximum atomic E-state index is 12.5. The van der Waals surface area contributed by atoms with Crippen LogP contribution in [0, 0.1) is 5.92 Å². The Morgan fingerprint density at radius 2 is 0.805 bits per heavy atom. The molecule has 0 fully saturated rings. The molecule has 0 bridgehead atoms. The van der Waals surface area contributed by atoms with Crippen LogP contribution in [-0.4, -0.2) is 37.2 Å². The van der Waals surface area contributed by atoms with Crippen LogP contribution in [0.2, 0.25) is 0 Å². The average Bonchev–Trinajstić information content (AvgIpc) is 2.94. The lowest BCUT2D eigenvalue weighted by Crippen LogP contribution is -2.30. The van der Waals surface area contributed by atoms with Crippen molar-refractivity contribution >= 4 is 17.9 Å². The van der Waals surface area contributed by atoms with Gasteiger partial charge < -0.3 is 14.2 Å². The summed E-state index contributed by atoms with van der Waals surface area (Å²) in [4.78, 5) is 36.9. The van der Waals surface area contributed by atoms with Gasteiger partial charge in [-0.05, 0) is 25.2 Å². The maximum Gasteiger partial charge on any atom is 0.306 e. The molecule has 0 aromatic carbocycles. The van der Waals surface area contributed by atoms with Crippen LogP contribution in [0.5, 0.6) is 0 Å². The lowest BCUT2D eigenvalue weighted by Gasteiger charge is -2.18. The zero-order chi connectivity index (χ0) is 30.4. The first-order chi connectivity index (χ1) is 19.9. The van der Waals surface area contributed by atoms with Gasteiger partial charge in [0.2, 0.25) is 0 Å². The lowest BCUT2D eigenvalue weighted by molar-refractivity contribution is -0.167. The van der Waals surface area contributed by atoms with Crippen LogP contribution < -0.4 is 0 Å². The normalized spacial score (nSPS) is 11.9. The van der Waals surface area contributed by atoms with Crippen molar-refractivity contribution in [3.8, 4) is 0 Å². The maximum absolute atomic E-state index is 12.5. The number of esters is 3. The van der Waals surface area contributed by atoms with Crippen LogP contribution in [0.3, 0.4) is 0 Å². The summed E-state index contributed by atoms with van der Waals surface area (Å²) in [5.41, 5.74) is 0. The fourth-order valence-corrected chi connectivity index (χ4v) is 4.86. The zero-order valence-corrected chi connectivity index (χ0v) is 27.5. The largest absolute Gasteiger partial charge is 0.462 e. The van der Waals surface area contributed by atoms with Crippen molar-refractivity contribution in [3.05, 3.63) is 0 Å². The molecule has 0 aliphatic rings. The van der Waals surface area contributed by atoms with E-state index in [4.69, 9.17) is 14.2 Å². The molecule has 0 saturated heterocycles. The van der Waals surface area contributed by atoms with Gasteiger partial charge in [-0.1, -0.05) is 143 Å². The topological polar surface area (TPSA) is 78.9 Å². The highest BCUT2D eigenvalue weighted by Gasteiger charge is 2.19. The molecule has 0 aromatic rings. The second-order valence-corrected chi connectivity index (χ2v) is 12.3. The van der Waals surface area contributed by atoms with Crippen molar-refractivity contribution < 1.29 is 28.6 Å². The molecule has 0 rings (SSSR count). The standard InChI is InChI=1S/C35H66O6/c1-5-7-9-11-14-19-23-27-34(37)40-30-32(29-39-33(36)26-22-17-10-8-6-2)41-35(38)28-24-20-16-13-12-15-18-21-25-31(3)4/h31-32H,5-30H2,1-4H3/t32-/m1/s1. The van der Waals surface area contributed by atoms with Gasteiger partial charge in [-0.25, -0.2) is 0 Å². The van der Waals surface area contributed by atoms with Crippen molar-refractivity contribution in [2.45, 2.75) is 188 Å². The van der Waals surface area contributed by atoms with Crippen LogP contribution in [0.15, 0.2) is 0 Å². The second kappa shape index (κ2) is 29.9. The van der Waals surface area contributed by atoms with Gasteiger partial charge in [-0.15, -0.1) is 0 Å². The summed E-state index contributed by atoms with van der Waals surface area (Å²) in [5, 5.41) is 0. The van der Waals surface area contributed by atoms with Gasteiger partial charge in [0.1, 0.15) is 13.2 Å². The molecule has 0 aliphatic heterocycles. The monoisotopic (exact) mass is 582 g/mol. The van der Waals surface area contributed by atoms with E-state index in [1.807, 2.05) is 0 Å². The highest BCUT2D eigenvalue weighted by molar-refractivity contribution is 5.71. The van der Waals surface area contributed by atoms with Gasteiger partial charge in [-0.2, -0.15) is 0 Å². The van der Waals surface area contributed by atoms with E-state index in [9.17, 15) is 14.4 Å². The van der Waals surface area contributed by atoms with E-state index < -0.39 is 6.10 Å². The molecule has 0 saturated carbocycles. The van der Waals surface area contributed by atoms with Crippen LogP contribution >= 0.6 is 0 Å². The van der Waals surface area contributed by atoms with Gasteiger partial charge in [0, 0.05) is 19.3 Å². The van der Waals surface area contributed by atoms with Crippen LogP contribution in [0.1, 0.15) is 182 Å². The first kappa shape index (κ1) is 39.4. The molecule has 0 amide bonds. The highest BCUT2D eigenvalue weighted by atomic mass is 16.6. The Bertz CT molecular complexity index is 618. The van der Waals surface area contributed by atoms with Gasteiger partial charge in [0.05, 0.1) is 0 Å². The fourth-order valence-electron chi connectivity index (χ4n) is 4.86. The van der Waals surface area contributed by atoms with E-state index >= 15 is 0 Å². The van der Waals surface area contributed by atoms with Crippen LogP contribution in [0.25, 0.3) is 0 Å². The van der Waals surface area contributed by atoms with Crippen LogP contribution in [0.4, 0.5) is 0 Å². The van der Waals surface area contributed by atoms with E-state index in [0.29, 0.717) is 19.3 Å². The first-order valence-corrected chi connectivity index (χ1v) is 17.4. The quantitative estimate of drug-likeness (QED) is 0.0476. The second-order valence-electron chi connectivity index (χ2n) is 12.3. The zero-order valence-electron chi connectivity index (χ0n) is 27.5. The van der Waals surface area contributed by atoms with E-state index in [1.165, 1.54) is 70.6 Å². The third-order valence-corrected chi connectivity index (χ3v) is 7.54. The Balaban J connectivity index is 4.31.